The van der Waals surface area contributed by atoms with Crippen molar-refractivity contribution in [2.45, 2.75) is 57.9 Å². The highest BCUT2D eigenvalue weighted by atomic mass is 35.5. The van der Waals surface area contributed by atoms with Gasteiger partial charge in [0, 0.05) is 17.9 Å². The Morgan fingerprint density at radius 3 is 2.74 bits per heavy atom. The Morgan fingerprint density at radius 1 is 1.23 bits per heavy atom. The van der Waals surface area contributed by atoms with Crippen LogP contribution in [0, 0.1) is 23.2 Å². The summed E-state index contributed by atoms with van der Waals surface area (Å²) in [5, 5.41) is 17.0. The van der Waals surface area contributed by atoms with E-state index in [1.54, 1.807) is 6.07 Å². The van der Waals surface area contributed by atoms with Crippen LogP contribution in [0.4, 0.5) is 5.69 Å². The lowest BCUT2D eigenvalue weighted by Crippen LogP contribution is -2.40. The van der Waals surface area contributed by atoms with E-state index >= 15 is 0 Å². The third-order valence-corrected chi connectivity index (χ3v) is 7.34. The van der Waals surface area contributed by atoms with Gasteiger partial charge in [-0.2, -0.15) is 10.4 Å². The molecule has 1 aromatic carbocycles. The minimum absolute atomic E-state index is 0.0796. The number of hydrazone groups is 1. The van der Waals surface area contributed by atoms with Gasteiger partial charge in [-0.3, -0.25) is 9.80 Å². The van der Waals surface area contributed by atoms with E-state index < -0.39 is 0 Å². The molecule has 6 heteroatoms. The Kier molecular flexibility index (Phi) is 5.27. The van der Waals surface area contributed by atoms with Gasteiger partial charge in [0.05, 0.1) is 33.7 Å². The maximum atomic E-state index is 12.1. The summed E-state index contributed by atoms with van der Waals surface area (Å²) in [6.07, 6.45) is 7.31. The molecule has 1 fully saturated rings. The van der Waals surface area contributed by atoms with Gasteiger partial charge in [0.2, 0.25) is 0 Å². The highest BCUT2D eigenvalue weighted by Crippen LogP contribution is 2.44. The molecular formula is C25H25ClN4O. The van der Waals surface area contributed by atoms with E-state index in [0.29, 0.717) is 40.6 Å². The fourth-order valence-electron chi connectivity index (χ4n) is 5.50. The first-order chi connectivity index (χ1) is 15.1. The quantitative estimate of drug-likeness (QED) is 0.594. The zero-order valence-corrected chi connectivity index (χ0v) is 18.4. The van der Waals surface area contributed by atoms with Crippen LogP contribution in [0.25, 0.3) is 0 Å². The Morgan fingerprint density at radius 2 is 2.03 bits per heavy atom. The molecule has 2 heterocycles. The third-order valence-electron chi connectivity index (χ3n) is 7.03. The molecule has 5 nitrogen and oxygen atoms in total. The number of hydrogen-bond acceptors (Lipinski definition) is 5. The summed E-state index contributed by atoms with van der Waals surface area (Å²) in [5.74, 6) is 1.02. The molecular weight excluding hydrogens is 408 g/mol. The number of anilines is 1. The molecule has 3 aliphatic rings. The number of carbonyl (C=O) groups is 1. The maximum absolute atomic E-state index is 12.1. The number of ketones is 1. The van der Waals surface area contributed by atoms with Gasteiger partial charge in [-0.25, -0.2) is 4.98 Å². The topological polar surface area (TPSA) is 69.3 Å². The SMILES string of the molecule is CCC(=O)c1ccc2c(n1)CCC1C2=NN(c2ccc(C#N)c(Cl)c2)C1C1CCCC1. The molecule has 1 aromatic heterocycles. The van der Waals surface area contributed by atoms with E-state index in [9.17, 15) is 10.1 Å². The van der Waals surface area contributed by atoms with Crippen LogP contribution in [0.1, 0.15) is 72.8 Å². The molecule has 0 spiro atoms. The number of nitrogens with zero attached hydrogens (tertiary/aromatic N) is 4. The second kappa shape index (κ2) is 8.09. The molecule has 2 atom stereocenters. The van der Waals surface area contributed by atoms with Crippen LogP contribution in [0.15, 0.2) is 35.4 Å². The van der Waals surface area contributed by atoms with Gasteiger partial charge in [0.15, 0.2) is 5.78 Å². The standard InChI is InChI=1S/C25H25ClN4O/c1-2-23(31)22-12-9-18-21(28-22)11-10-19-24(18)29-30(25(19)15-5-3-4-6-15)17-8-7-16(14-27)20(26)13-17/h7-9,12-13,15,19,25H,2-6,10-11H2,1H3. The number of pyridine rings is 1. The van der Waals surface area contributed by atoms with Crippen LogP contribution < -0.4 is 5.01 Å². The molecule has 31 heavy (non-hydrogen) atoms. The smallest absolute Gasteiger partial charge is 0.180 e. The van der Waals surface area contributed by atoms with Gasteiger partial charge in [0.1, 0.15) is 11.8 Å². The number of nitriles is 1. The van der Waals surface area contributed by atoms with Crippen LogP contribution in [0.5, 0.6) is 0 Å². The lowest BCUT2D eigenvalue weighted by Gasteiger charge is -2.34. The number of Topliss-reactive ketones (excluding diaryl/α,β-unsaturated/α-hetero) is 1. The second-order valence-corrected chi connectivity index (χ2v) is 9.16. The van der Waals surface area contributed by atoms with Gasteiger partial charge < -0.3 is 0 Å². The number of aryl methyl sites for hydroxylation is 1. The number of benzene rings is 1. The summed E-state index contributed by atoms with van der Waals surface area (Å²) in [5.41, 5.74) is 5.13. The van der Waals surface area contributed by atoms with Gasteiger partial charge >= 0.3 is 0 Å². The molecule has 0 N–H and O–H groups in total. The second-order valence-electron chi connectivity index (χ2n) is 8.75. The summed E-state index contributed by atoms with van der Waals surface area (Å²) in [7, 11) is 0. The van der Waals surface area contributed by atoms with Crippen molar-refractivity contribution in [1.29, 1.82) is 5.26 Å². The van der Waals surface area contributed by atoms with Crippen molar-refractivity contribution in [2.75, 3.05) is 5.01 Å². The number of fused-ring (bicyclic) bond motifs is 3. The summed E-state index contributed by atoms with van der Waals surface area (Å²) in [6, 6.07) is 11.9. The average molecular weight is 433 g/mol. The molecule has 158 valence electrons. The molecule has 0 bridgehead atoms. The van der Waals surface area contributed by atoms with Crippen molar-refractivity contribution in [3.05, 3.63) is 57.9 Å². The Hall–Kier alpha value is -2.71. The number of aromatic nitrogens is 1. The number of carbonyl (C=O) groups excluding carboxylic acids is 1. The van der Waals surface area contributed by atoms with E-state index in [0.717, 1.165) is 35.5 Å². The maximum Gasteiger partial charge on any atom is 0.180 e. The van der Waals surface area contributed by atoms with Gasteiger partial charge in [0.25, 0.3) is 0 Å². The lowest BCUT2D eigenvalue weighted by atomic mass is 9.76. The fraction of sp³-hybridized carbons (Fsp3) is 0.440. The molecule has 2 aromatic rings. The van der Waals surface area contributed by atoms with Crippen molar-refractivity contribution >= 4 is 28.8 Å². The Labute approximate surface area is 187 Å². The van der Waals surface area contributed by atoms with E-state index in [2.05, 4.69) is 11.1 Å². The minimum Gasteiger partial charge on any atom is -0.292 e. The van der Waals surface area contributed by atoms with Gasteiger partial charge in [-0.15, -0.1) is 0 Å². The minimum atomic E-state index is 0.0796. The molecule has 1 saturated carbocycles. The molecule has 2 aliphatic carbocycles. The monoisotopic (exact) mass is 432 g/mol. The fourth-order valence-corrected chi connectivity index (χ4v) is 5.72. The van der Waals surface area contributed by atoms with Crippen LogP contribution in [0.3, 0.4) is 0 Å². The highest BCUT2D eigenvalue weighted by molar-refractivity contribution is 6.32. The summed E-state index contributed by atoms with van der Waals surface area (Å²) in [6.45, 7) is 1.87. The third kappa shape index (κ3) is 3.43. The van der Waals surface area contributed by atoms with E-state index in [1.807, 2.05) is 31.2 Å². The first kappa shape index (κ1) is 20.2. The van der Waals surface area contributed by atoms with Crippen molar-refractivity contribution in [2.24, 2.45) is 16.9 Å². The van der Waals surface area contributed by atoms with Crippen molar-refractivity contribution < 1.29 is 4.79 Å². The molecule has 5 rings (SSSR count). The average Bonchev–Trinajstić information content (AvgIpc) is 3.45. The number of halogens is 1. The van der Waals surface area contributed by atoms with Crippen LogP contribution in [-0.2, 0) is 6.42 Å². The normalized spacial score (nSPS) is 22.6. The van der Waals surface area contributed by atoms with Crippen LogP contribution >= 0.6 is 11.6 Å². The van der Waals surface area contributed by atoms with Crippen molar-refractivity contribution in [3.8, 4) is 6.07 Å². The summed E-state index contributed by atoms with van der Waals surface area (Å²) in [4.78, 5) is 16.8. The van der Waals surface area contributed by atoms with E-state index in [1.165, 1.54) is 25.7 Å². The summed E-state index contributed by atoms with van der Waals surface area (Å²) < 4.78 is 0. The van der Waals surface area contributed by atoms with Crippen molar-refractivity contribution in [3.63, 3.8) is 0 Å². The molecule has 0 radical (unpaired) electrons. The number of rotatable bonds is 4. The largest absolute Gasteiger partial charge is 0.292 e. The molecule has 1 aliphatic heterocycles. The van der Waals surface area contributed by atoms with Gasteiger partial charge in [-0.05, 0) is 61.9 Å². The van der Waals surface area contributed by atoms with Crippen molar-refractivity contribution in [1.82, 2.24) is 4.98 Å². The molecule has 2 unspecified atom stereocenters. The zero-order valence-electron chi connectivity index (χ0n) is 17.6. The van der Waals surface area contributed by atoms with Crippen LogP contribution in [-0.4, -0.2) is 22.5 Å². The van der Waals surface area contributed by atoms with E-state index in [-0.39, 0.29) is 5.78 Å². The first-order valence-corrected chi connectivity index (χ1v) is 11.6. The predicted molar refractivity (Wildman–Crippen MR) is 122 cm³/mol. The first-order valence-electron chi connectivity index (χ1n) is 11.2. The Balaban J connectivity index is 1.57. The highest BCUT2D eigenvalue weighted by Gasteiger charge is 2.45. The molecule has 0 saturated heterocycles. The summed E-state index contributed by atoms with van der Waals surface area (Å²) >= 11 is 6.37. The number of hydrogen-bond donors (Lipinski definition) is 0. The van der Waals surface area contributed by atoms with E-state index in [4.69, 9.17) is 21.7 Å². The predicted octanol–water partition coefficient (Wildman–Crippen LogP) is 5.54. The zero-order chi connectivity index (χ0) is 21.5. The van der Waals surface area contributed by atoms with Crippen LogP contribution in [0.2, 0.25) is 5.02 Å². The molecule has 0 amide bonds. The Bertz CT molecular complexity index is 1110. The lowest BCUT2D eigenvalue weighted by molar-refractivity contribution is 0.0983. The van der Waals surface area contributed by atoms with Gasteiger partial charge in [-0.1, -0.05) is 31.4 Å².